The van der Waals surface area contributed by atoms with Crippen LogP contribution in [0.2, 0.25) is 0 Å². The van der Waals surface area contributed by atoms with Crippen LogP contribution in [0.3, 0.4) is 0 Å². The zero-order valence-electron chi connectivity index (χ0n) is 43.0. The monoisotopic (exact) mass is 959 g/mol. The number of halogens is 2. The first kappa shape index (κ1) is 55.8. The van der Waals surface area contributed by atoms with Gasteiger partial charge in [0.2, 0.25) is 24.0 Å². The van der Waals surface area contributed by atoms with Gasteiger partial charge >= 0.3 is 0 Å². The predicted octanol–water partition coefficient (Wildman–Crippen LogP) is 4.40. The summed E-state index contributed by atoms with van der Waals surface area (Å²) in [6.07, 6.45) is 23.4. The number of imidazole rings is 2. The van der Waals surface area contributed by atoms with Crippen molar-refractivity contribution in [1.82, 2.24) is 9.13 Å². The zero-order valence-corrected chi connectivity index (χ0v) is 44.5. The van der Waals surface area contributed by atoms with Crippen molar-refractivity contribution >= 4 is 23.3 Å². The highest BCUT2D eigenvalue weighted by molar-refractivity contribution is 5.90. The Morgan fingerprint density at radius 1 is 0.612 bits per heavy atom. The number of benzene rings is 2. The molecule has 2 N–H and O–H groups in total. The lowest BCUT2D eigenvalue weighted by Gasteiger charge is -2.54. The van der Waals surface area contributed by atoms with Crippen molar-refractivity contribution in [3.8, 4) is 0 Å². The largest absolute Gasteiger partial charge is 1.00 e. The van der Waals surface area contributed by atoms with E-state index in [1.54, 1.807) is 0 Å². The minimum absolute atomic E-state index is 0. The summed E-state index contributed by atoms with van der Waals surface area (Å²) in [4.78, 5) is 24.7. The first-order valence-electron chi connectivity index (χ1n) is 24.4. The first-order valence-corrected chi connectivity index (χ1v) is 24.4. The minimum atomic E-state index is -0.0892. The van der Waals surface area contributed by atoms with Crippen LogP contribution in [-0.4, -0.2) is 51.9 Å². The van der Waals surface area contributed by atoms with Gasteiger partial charge in [0.1, 0.15) is 24.8 Å². The summed E-state index contributed by atoms with van der Waals surface area (Å²) >= 11 is 0. The van der Waals surface area contributed by atoms with Crippen molar-refractivity contribution in [3.05, 3.63) is 106 Å². The molecule has 2 aromatic carbocycles. The first-order chi connectivity index (χ1) is 30.3. The molecule has 2 saturated carbocycles. The maximum atomic E-state index is 12.3. The average Bonchev–Trinajstić information content (AvgIpc) is 3.96. The molecule has 4 aliphatic rings. The van der Waals surface area contributed by atoms with Gasteiger partial charge in [-0.15, -0.1) is 0 Å². The maximum Gasteiger partial charge on any atom is 0.249 e. The second kappa shape index (κ2) is 21.5. The standard InChI is InChI=1S/2C28H39N2O2.2ClH.H2O/c2*1-19(2)22-15-21-9-10-26-27(5,11-8-12-28(26,6)32-7)24(21)16-23(22)25(17-31)30-14-13-29(18-30)20(3)4;;;/h2*13-16,18-20,26H,8-12H2,1-7H3;2*1H;1H2/q2*+1;;;/p-2/t2*26?,27-,28-;;;/m11.../s1. The van der Waals surface area contributed by atoms with Crippen LogP contribution >= 0.6 is 0 Å². The highest BCUT2D eigenvalue weighted by atomic mass is 35.5. The lowest BCUT2D eigenvalue weighted by atomic mass is 9.53. The molecule has 0 bridgehead atoms. The van der Waals surface area contributed by atoms with E-state index in [9.17, 15) is 9.59 Å². The van der Waals surface area contributed by atoms with Gasteiger partial charge in [-0.05, 0) is 186 Å². The summed E-state index contributed by atoms with van der Waals surface area (Å²) < 4.78 is 20.3. The van der Waals surface area contributed by atoms with Crippen molar-refractivity contribution in [2.45, 2.75) is 193 Å². The molecule has 4 aromatic rings. The maximum absolute atomic E-state index is 12.3. The predicted molar refractivity (Wildman–Crippen MR) is 261 cm³/mol. The fourth-order valence-electron chi connectivity index (χ4n) is 12.9. The number of aryl methyl sites for hydroxylation is 2. The molecule has 6 atom stereocenters. The number of hydrogen-bond donors (Lipinski definition) is 0. The number of aromatic nitrogens is 4. The highest BCUT2D eigenvalue weighted by Gasteiger charge is 2.54. The summed E-state index contributed by atoms with van der Waals surface area (Å²) in [6.45, 7) is 26.9. The molecule has 2 heterocycles. The second-order valence-electron chi connectivity index (χ2n) is 21.9. The van der Waals surface area contributed by atoms with E-state index in [-0.39, 0.29) is 52.3 Å². The van der Waals surface area contributed by atoms with Gasteiger partial charge in [-0.2, -0.15) is 9.13 Å². The number of rotatable bonds is 10. The molecule has 2 fully saturated rings. The molecule has 368 valence electrons. The zero-order chi connectivity index (χ0) is 46.5. The van der Waals surface area contributed by atoms with Gasteiger partial charge in [-0.3, -0.25) is 0 Å². The summed E-state index contributed by atoms with van der Waals surface area (Å²) in [7, 11) is 3.75. The van der Waals surface area contributed by atoms with Crippen LogP contribution in [0.5, 0.6) is 0 Å². The van der Waals surface area contributed by atoms with E-state index >= 15 is 0 Å². The van der Waals surface area contributed by atoms with Gasteiger partial charge in [0.05, 0.1) is 23.3 Å². The van der Waals surface area contributed by atoms with Gasteiger partial charge in [0, 0.05) is 25.3 Å². The van der Waals surface area contributed by atoms with Crippen LogP contribution < -0.4 is 33.9 Å². The molecular weight excluding hydrogens is 880 g/mol. The molecule has 2 unspecified atom stereocenters. The number of nitrogens with zero attached hydrogens (tertiary/aromatic N) is 4. The Labute approximate surface area is 414 Å². The van der Waals surface area contributed by atoms with Crippen molar-refractivity contribution < 1.29 is 58.5 Å². The van der Waals surface area contributed by atoms with Crippen LogP contribution in [-0.2, 0) is 42.7 Å². The molecule has 0 amide bonds. The molecule has 2 aromatic heterocycles. The second-order valence-corrected chi connectivity index (χ2v) is 21.9. The number of hydrogen-bond acceptors (Lipinski definition) is 4. The SMILES string of the molecule is CO[C@]1(C)CCC[C@]2(C)c3cc(C(=C=O)n4cc[n+](C(C)C)c4)c(C(C)C)cc3CCC12.CO[C@]1(C)CCC[C@]2(C)c3cc(C(=C=O)n4cc[n+](C(C)C)c4)c(C(C)C)cc3CCC12.O.[Cl-].[Cl-]. The fraction of sp³-hybridized carbons (Fsp3) is 0.607. The minimum Gasteiger partial charge on any atom is -1.00 e. The Morgan fingerprint density at radius 2 is 0.970 bits per heavy atom. The fourth-order valence-corrected chi connectivity index (χ4v) is 12.9. The molecule has 0 aliphatic heterocycles. The molecule has 67 heavy (non-hydrogen) atoms. The number of ether oxygens (including phenoxy) is 2. The molecule has 4 aliphatic carbocycles. The smallest absolute Gasteiger partial charge is 0.249 e. The van der Waals surface area contributed by atoms with Gasteiger partial charge in [-0.25, -0.2) is 18.7 Å². The van der Waals surface area contributed by atoms with Crippen LogP contribution in [0.1, 0.15) is 203 Å². The Kier molecular flexibility index (Phi) is 17.9. The van der Waals surface area contributed by atoms with Crippen LogP contribution in [0.25, 0.3) is 11.4 Å². The Hall–Kier alpha value is -3.78. The lowest BCUT2D eigenvalue weighted by Crippen LogP contribution is -3.00. The van der Waals surface area contributed by atoms with E-state index in [0.717, 1.165) is 49.7 Å². The van der Waals surface area contributed by atoms with Crippen molar-refractivity contribution in [1.29, 1.82) is 0 Å². The summed E-state index contributed by atoms with van der Waals surface area (Å²) in [6, 6.07) is 10.1. The van der Waals surface area contributed by atoms with E-state index < -0.39 is 0 Å². The lowest BCUT2D eigenvalue weighted by molar-refractivity contribution is -0.715. The van der Waals surface area contributed by atoms with E-state index in [0.29, 0.717) is 47.1 Å². The molecular formula is C56H80Cl2N4O5. The van der Waals surface area contributed by atoms with E-state index in [1.165, 1.54) is 59.1 Å². The molecule has 0 spiro atoms. The van der Waals surface area contributed by atoms with Crippen LogP contribution in [0.15, 0.2) is 61.7 Å². The third kappa shape index (κ3) is 10.00. The number of methoxy groups -OCH3 is 2. The van der Waals surface area contributed by atoms with Crippen molar-refractivity contribution in [2.75, 3.05) is 14.2 Å². The molecule has 0 radical (unpaired) electrons. The van der Waals surface area contributed by atoms with Crippen LogP contribution in [0.4, 0.5) is 0 Å². The van der Waals surface area contributed by atoms with Gasteiger partial charge in [-0.1, -0.05) is 53.7 Å². The molecule has 8 rings (SSSR count). The van der Waals surface area contributed by atoms with Gasteiger partial charge in [0.15, 0.2) is 11.9 Å². The third-order valence-electron chi connectivity index (χ3n) is 16.8. The van der Waals surface area contributed by atoms with Gasteiger partial charge < -0.3 is 39.8 Å². The van der Waals surface area contributed by atoms with Crippen LogP contribution in [0, 0.1) is 11.8 Å². The summed E-state index contributed by atoms with van der Waals surface area (Å²) in [5.41, 5.74) is 11.4. The molecule has 0 saturated heterocycles. The van der Waals surface area contributed by atoms with E-state index in [1.807, 2.05) is 60.8 Å². The quantitative estimate of drug-likeness (QED) is 0.174. The number of carbonyl (C=O) groups excluding carboxylic acids is 2. The number of fused-ring (bicyclic) bond motifs is 6. The van der Waals surface area contributed by atoms with Crippen molar-refractivity contribution in [3.63, 3.8) is 0 Å². The van der Waals surface area contributed by atoms with E-state index in [2.05, 4.69) is 128 Å². The summed E-state index contributed by atoms with van der Waals surface area (Å²) in [5.74, 6) is 6.21. The van der Waals surface area contributed by atoms with Crippen molar-refractivity contribution in [2.24, 2.45) is 11.8 Å². The molecule has 11 heteroatoms. The summed E-state index contributed by atoms with van der Waals surface area (Å²) in [5, 5.41) is 0. The Balaban J connectivity index is 0.000000280. The Bertz CT molecular complexity index is 2310. The Morgan fingerprint density at radius 3 is 1.25 bits per heavy atom. The molecule has 9 nitrogen and oxygen atoms in total. The highest BCUT2D eigenvalue weighted by Crippen LogP contribution is 2.57. The topological polar surface area (TPSA) is 102 Å². The van der Waals surface area contributed by atoms with Gasteiger partial charge in [0.25, 0.3) is 0 Å². The average molecular weight is 960 g/mol. The normalized spacial score (nSPS) is 26.0. The third-order valence-corrected chi connectivity index (χ3v) is 16.8. The van der Waals surface area contributed by atoms with E-state index in [4.69, 9.17) is 9.47 Å².